The van der Waals surface area contributed by atoms with Gasteiger partial charge in [0, 0.05) is 0 Å². The molecule has 1 heterocycles. The minimum Gasteiger partial charge on any atom is -0.394 e. The Balaban J connectivity index is 1.05. The van der Waals surface area contributed by atoms with Crippen molar-refractivity contribution in [2.24, 2.45) is 68.3 Å². The van der Waals surface area contributed by atoms with Crippen molar-refractivity contribution in [3.63, 3.8) is 0 Å². The first-order valence-electron chi connectivity index (χ1n) is 20.4. The van der Waals surface area contributed by atoms with Crippen molar-refractivity contribution >= 4 is 0 Å². The topological polar surface area (TPSA) is 166 Å². The van der Waals surface area contributed by atoms with Gasteiger partial charge in [0.15, 0.2) is 6.29 Å². The van der Waals surface area contributed by atoms with Crippen LogP contribution < -0.4 is 5.73 Å². The molecule has 0 bridgehead atoms. The van der Waals surface area contributed by atoms with Gasteiger partial charge in [0.2, 0.25) is 0 Å². The first-order chi connectivity index (χ1) is 23.4. The maximum Gasteiger partial charge on any atom is 0.175 e. The second-order valence-corrected chi connectivity index (χ2v) is 20.1. The number of ether oxygens (including phenoxy) is 2. The number of hydrogen-bond donors (Lipinski definition) is 7. The summed E-state index contributed by atoms with van der Waals surface area (Å²) in [6.45, 7) is 17.3. The van der Waals surface area contributed by atoms with E-state index in [1.165, 1.54) is 70.6 Å². The summed E-state index contributed by atoms with van der Waals surface area (Å²) in [4.78, 5) is 0. The second kappa shape index (κ2) is 14.1. The van der Waals surface area contributed by atoms with Gasteiger partial charge in [-0.15, -0.1) is 0 Å². The molecule has 6 fully saturated rings. The molecule has 18 atom stereocenters. The van der Waals surface area contributed by atoms with Crippen molar-refractivity contribution in [1.29, 1.82) is 0 Å². The zero-order valence-electron chi connectivity index (χ0n) is 32.3. The van der Waals surface area contributed by atoms with Crippen molar-refractivity contribution in [3.05, 3.63) is 0 Å². The molecule has 5 saturated carbocycles. The van der Waals surface area contributed by atoms with E-state index in [0.717, 1.165) is 24.2 Å². The quantitative estimate of drug-likeness (QED) is 0.170. The van der Waals surface area contributed by atoms with E-state index in [-0.39, 0.29) is 6.61 Å². The Bertz CT molecular complexity index is 1190. The van der Waals surface area contributed by atoms with Gasteiger partial charge in [-0.3, -0.25) is 0 Å². The first kappa shape index (κ1) is 39.3. The van der Waals surface area contributed by atoms with Gasteiger partial charge < -0.3 is 45.8 Å². The van der Waals surface area contributed by atoms with E-state index in [0.29, 0.717) is 51.2 Å². The maximum absolute atomic E-state index is 10.9. The number of aliphatic hydroxyl groups is 6. The molecular weight excluding hydrogens is 634 g/mol. The molecule has 6 aliphatic rings. The van der Waals surface area contributed by atoms with Crippen molar-refractivity contribution in [2.75, 3.05) is 13.2 Å². The number of aliphatic hydroxyl groups excluding tert-OH is 6. The Kier molecular flexibility index (Phi) is 11.1. The van der Waals surface area contributed by atoms with E-state index in [4.69, 9.17) is 15.2 Å². The van der Waals surface area contributed by atoms with E-state index in [9.17, 15) is 30.6 Å². The molecule has 9 heteroatoms. The molecule has 6 rings (SSSR count). The van der Waals surface area contributed by atoms with Crippen LogP contribution in [0.4, 0.5) is 0 Å². The summed E-state index contributed by atoms with van der Waals surface area (Å²) in [6.07, 6.45) is 7.10. The van der Waals surface area contributed by atoms with Crippen LogP contribution in [0, 0.1) is 62.6 Å². The van der Waals surface area contributed by atoms with Crippen LogP contribution >= 0.6 is 0 Å². The maximum atomic E-state index is 10.9. The van der Waals surface area contributed by atoms with Crippen molar-refractivity contribution in [2.45, 2.75) is 181 Å². The van der Waals surface area contributed by atoms with Crippen molar-refractivity contribution in [1.82, 2.24) is 0 Å². The molecule has 13 unspecified atom stereocenters. The second-order valence-electron chi connectivity index (χ2n) is 20.1. The molecule has 290 valence electrons. The summed E-state index contributed by atoms with van der Waals surface area (Å²) in [5.41, 5.74) is 7.96. The van der Waals surface area contributed by atoms with E-state index in [1.807, 2.05) is 0 Å². The standard InChI is InChI=1S/C41H73NO8/c1-23(9-10-26(44)33(46)27(45)22-49-36-32(42)35(48)34(47)28(21-43)50-36)24-13-18-38(4)25(24)14-19-40(6)30(38)11-12-31-39(5)17-8-16-37(2,3)29(39)15-20-41(31,40)7/h23-36,43-48H,8-22,42H2,1-7H3/t23?,24-,25?,26?,27?,28?,29?,30?,31?,32?,33?,34?,35?,36?,38+,39+,40-,41-/m1/s1. The zero-order valence-corrected chi connectivity index (χ0v) is 32.3. The fourth-order valence-electron chi connectivity index (χ4n) is 14.6. The normalized spacial score (nSPS) is 51.0. The van der Waals surface area contributed by atoms with Crippen LogP contribution in [-0.2, 0) is 9.47 Å². The Labute approximate surface area is 302 Å². The average Bonchev–Trinajstić information content (AvgIpc) is 3.42. The Morgan fingerprint density at radius 3 is 2.04 bits per heavy atom. The monoisotopic (exact) mass is 708 g/mol. The van der Waals surface area contributed by atoms with Gasteiger partial charge in [-0.2, -0.15) is 0 Å². The molecule has 9 nitrogen and oxygen atoms in total. The summed E-state index contributed by atoms with van der Waals surface area (Å²) < 4.78 is 11.0. The summed E-state index contributed by atoms with van der Waals surface area (Å²) in [5.74, 6) is 4.12. The molecular formula is C41H73NO8. The summed E-state index contributed by atoms with van der Waals surface area (Å²) in [7, 11) is 0. The number of rotatable bonds is 10. The van der Waals surface area contributed by atoms with Crippen LogP contribution in [0.15, 0.2) is 0 Å². The van der Waals surface area contributed by atoms with Gasteiger partial charge in [0.1, 0.15) is 30.5 Å². The minimum absolute atomic E-state index is 0.343. The van der Waals surface area contributed by atoms with Gasteiger partial charge in [-0.1, -0.05) is 54.9 Å². The Morgan fingerprint density at radius 1 is 0.740 bits per heavy atom. The third-order valence-electron chi connectivity index (χ3n) is 17.6. The van der Waals surface area contributed by atoms with Gasteiger partial charge in [-0.05, 0) is 140 Å². The SMILES string of the molecule is CC(CCC(O)C(O)C(O)COC1OC(CO)C(O)C(O)C1N)[C@H]1CC[C@@]2(C)C1CC[C@]1(C)C2CCC2[C@@]3(C)CCCC(C)(C)C3CC[C@]21C. The van der Waals surface area contributed by atoms with Gasteiger partial charge in [-0.25, -0.2) is 0 Å². The fraction of sp³-hybridized carbons (Fsp3) is 1.00. The lowest BCUT2D eigenvalue weighted by atomic mass is 9.32. The zero-order chi connectivity index (χ0) is 36.6. The Morgan fingerprint density at radius 2 is 1.38 bits per heavy atom. The molecule has 0 aromatic rings. The highest BCUT2D eigenvalue weighted by atomic mass is 16.7. The molecule has 0 spiro atoms. The van der Waals surface area contributed by atoms with E-state index < -0.39 is 55.6 Å². The molecule has 0 aromatic heterocycles. The van der Waals surface area contributed by atoms with Crippen molar-refractivity contribution < 1.29 is 40.1 Å². The summed E-state index contributed by atoms with van der Waals surface area (Å²) in [5, 5.41) is 62.0. The Hall–Kier alpha value is -0.360. The highest BCUT2D eigenvalue weighted by molar-refractivity contribution is 5.19. The summed E-state index contributed by atoms with van der Waals surface area (Å²) in [6, 6.07) is -1.10. The number of fused-ring (bicyclic) bond motifs is 7. The molecule has 1 aliphatic heterocycles. The van der Waals surface area contributed by atoms with Crippen LogP contribution in [0.25, 0.3) is 0 Å². The van der Waals surface area contributed by atoms with Gasteiger partial charge in [0.25, 0.3) is 0 Å². The van der Waals surface area contributed by atoms with E-state index >= 15 is 0 Å². The van der Waals surface area contributed by atoms with Crippen LogP contribution in [0.3, 0.4) is 0 Å². The molecule has 50 heavy (non-hydrogen) atoms. The highest BCUT2D eigenvalue weighted by Crippen LogP contribution is 2.78. The average molecular weight is 708 g/mol. The molecule has 0 aromatic carbocycles. The highest BCUT2D eigenvalue weighted by Gasteiger charge is 2.70. The van der Waals surface area contributed by atoms with Gasteiger partial charge in [0.05, 0.1) is 25.4 Å². The smallest absolute Gasteiger partial charge is 0.175 e. The van der Waals surface area contributed by atoms with E-state index in [1.54, 1.807) is 0 Å². The lowest BCUT2D eigenvalue weighted by Crippen LogP contribution is -2.65. The molecule has 1 saturated heterocycles. The molecule has 0 radical (unpaired) electrons. The predicted molar refractivity (Wildman–Crippen MR) is 193 cm³/mol. The van der Waals surface area contributed by atoms with Crippen LogP contribution in [-0.4, -0.2) is 92.8 Å². The van der Waals surface area contributed by atoms with Crippen molar-refractivity contribution in [3.8, 4) is 0 Å². The lowest BCUT2D eigenvalue weighted by molar-refractivity contribution is -0.273. The van der Waals surface area contributed by atoms with Gasteiger partial charge >= 0.3 is 0 Å². The fourth-order valence-corrected chi connectivity index (χ4v) is 14.6. The first-order valence-corrected chi connectivity index (χ1v) is 20.4. The van der Waals surface area contributed by atoms with Crippen LogP contribution in [0.2, 0.25) is 0 Å². The number of hydrogen-bond acceptors (Lipinski definition) is 9. The summed E-state index contributed by atoms with van der Waals surface area (Å²) >= 11 is 0. The minimum atomic E-state index is -1.42. The number of nitrogens with two attached hydrogens (primary N) is 1. The third kappa shape index (κ3) is 6.17. The lowest BCUT2D eigenvalue weighted by Gasteiger charge is -2.73. The largest absolute Gasteiger partial charge is 0.394 e. The molecule has 0 amide bonds. The van der Waals surface area contributed by atoms with Crippen LogP contribution in [0.5, 0.6) is 0 Å². The van der Waals surface area contributed by atoms with E-state index in [2.05, 4.69) is 48.5 Å². The molecule has 8 N–H and O–H groups in total. The van der Waals surface area contributed by atoms with Crippen LogP contribution in [0.1, 0.15) is 132 Å². The predicted octanol–water partition coefficient (Wildman–Crippen LogP) is 4.76. The third-order valence-corrected chi connectivity index (χ3v) is 17.6. The molecule has 5 aliphatic carbocycles.